The summed E-state index contributed by atoms with van der Waals surface area (Å²) in [7, 11) is 0. The summed E-state index contributed by atoms with van der Waals surface area (Å²) in [5, 5.41) is 10.7. The predicted molar refractivity (Wildman–Crippen MR) is 96.4 cm³/mol. The average Bonchev–Trinajstić information content (AvgIpc) is 3.10. The van der Waals surface area contributed by atoms with Gasteiger partial charge >= 0.3 is 0 Å². The molecular weight excluding hydrogens is 332 g/mol. The smallest absolute Gasteiger partial charge is 0.248 e. The Morgan fingerprint density at radius 2 is 1.73 bits per heavy atom. The number of nitrogens with zero attached hydrogens (tertiary/aromatic N) is 2. The first-order chi connectivity index (χ1) is 12.5. The predicted octanol–water partition coefficient (Wildman–Crippen LogP) is 2.72. The van der Waals surface area contributed by atoms with Gasteiger partial charge in [0.2, 0.25) is 23.6 Å². The molecule has 26 heavy (non-hydrogen) atoms. The molecule has 2 aromatic carbocycles. The molecule has 0 bridgehead atoms. The van der Waals surface area contributed by atoms with Crippen molar-refractivity contribution in [3.63, 3.8) is 0 Å². The van der Waals surface area contributed by atoms with Crippen molar-refractivity contribution >= 4 is 17.5 Å². The maximum absolute atomic E-state index is 12.0. The topological polar surface area (TPSA) is 111 Å². The molecule has 0 atom stereocenters. The van der Waals surface area contributed by atoms with Crippen molar-refractivity contribution in [1.82, 2.24) is 10.2 Å². The lowest BCUT2D eigenvalue weighted by Crippen LogP contribution is -2.13. The molecule has 0 saturated heterocycles. The largest absolute Gasteiger partial charge is 0.421 e. The minimum atomic E-state index is -0.511. The van der Waals surface area contributed by atoms with Gasteiger partial charge in [-0.15, -0.1) is 10.2 Å². The van der Waals surface area contributed by atoms with E-state index in [-0.39, 0.29) is 12.3 Å². The minimum absolute atomic E-state index is 0.188. The van der Waals surface area contributed by atoms with Gasteiger partial charge in [-0.2, -0.15) is 0 Å². The van der Waals surface area contributed by atoms with Crippen LogP contribution in [0.25, 0.3) is 11.5 Å². The Labute approximate surface area is 150 Å². The van der Waals surface area contributed by atoms with Gasteiger partial charge in [0.05, 0.1) is 0 Å². The van der Waals surface area contributed by atoms with E-state index in [1.165, 1.54) is 0 Å². The molecule has 0 aliphatic rings. The molecule has 0 aliphatic heterocycles. The zero-order chi connectivity index (χ0) is 18.5. The summed E-state index contributed by atoms with van der Waals surface area (Å²) in [5.41, 5.74) is 8.14. The van der Waals surface area contributed by atoms with Gasteiger partial charge in [-0.3, -0.25) is 9.59 Å². The highest BCUT2D eigenvalue weighted by Crippen LogP contribution is 2.19. The van der Waals surface area contributed by atoms with Gasteiger partial charge in [0, 0.05) is 29.7 Å². The van der Waals surface area contributed by atoms with E-state index >= 15 is 0 Å². The Bertz CT molecular complexity index is 915. The zero-order valence-corrected chi connectivity index (χ0v) is 14.2. The number of amides is 2. The Morgan fingerprint density at radius 1 is 1.04 bits per heavy atom. The highest BCUT2D eigenvalue weighted by molar-refractivity contribution is 5.94. The van der Waals surface area contributed by atoms with E-state index in [0.717, 1.165) is 11.1 Å². The second-order valence-corrected chi connectivity index (χ2v) is 5.86. The first kappa shape index (κ1) is 17.3. The molecule has 7 nitrogen and oxygen atoms in total. The van der Waals surface area contributed by atoms with Crippen LogP contribution in [0.3, 0.4) is 0 Å². The Morgan fingerprint density at radius 3 is 2.38 bits per heavy atom. The Hall–Kier alpha value is -3.48. The lowest BCUT2D eigenvalue weighted by Gasteiger charge is -2.04. The van der Waals surface area contributed by atoms with Gasteiger partial charge < -0.3 is 15.5 Å². The lowest BCUT2D eigenvalue weighted by atomic mass is 10.1. The summed E-state index contributed by atoms with van der Waals surface area (Å²) in [6.45, 7) is 2.00. The number of carbonyl (C=O) groups is 2. The van der Waals surface area contributed by atoms with E-state index in [4.69, 9.17) is 10.2 Å². The number of aryl methyl sites for hydroxylation is 2. The molecular formula is C19H18N4O3. The van der Waals surface area contributed by atoms with Gasteiger partial charge in [-0.25, -0.2) is 0 Å². The molecule has 0 spiro atoms. The van der Waals surface area contributed by atoms with Crippen LogP contribution in [0.15, 0.2) is 52.9 Å². The van der Waals surface area contributed by atoms with E-state index in [9.17, 15) is 9.59 Å². The van der Waals surface area contributed by atoms with Crippen LogP contribution in [0.4, 0.5) is 5.69 Å². The number of rotatable bonds is 6. The van der Waals surface area contributed by atoms with Crippen molar-refractivity contribution in [1.29, 1.82) is 0 Å². The Balaban J connectivity index is 1.54. The summed E-state index contributed by atoms with van der Waals surface area (Å²) in [4.78, 5) is 23.1. The minimum Gasteiger partial charge on any atom is -0.421 e. The second kappa shape index (κ2) is 7.60. The highest BCUT2D eigenvalue weighted by atomic mass is 16.4. The Kier molecular flexibility index (Phi) is 5.07. The molecule has 0 saturated carbocycles. The van der Waals surface area contributed by atoms with Crippen molar-refractivity contribution < 1.29 is 14.0 Å². The molecule has 0 fully saturated rings. The van der Waals surface area contributed by atoms with Crippen molar-refractivity contribution in [2.75, 3.05) is 5.32 Å². The van der Waals surface area contributed by atoms with Crippen LogP contribution in [-0.2, 0) is 11.2 Å². The van der Waals surface area contributed by atoms with Crippen LogP contribution < -0.4 is 11.1 Å². The average molecular weight is 350 g/mol. The van der Waals surface area contributed by atoms with E-state index in [2.05, 4.69) is 15.5 Å². The van der Waals surface area contributed by atoms with E-state index < -0.39 is 5.91 Å². The van der Waals surface area contributed by atoms with Crippen LogP contribution in [0.2, 0.25) is 0 Å². The molecule has 1 aromatic heterocycles. The van der Waals surface area contributed by atoms with Gasteiger partial charge in [0.1, 0.15) is 0 Å². The van der Waals surface area contributed by atoms with Crippen molar-refractivity contribution in [3.05, 3.63) is 65.5 Å². The first-order valence-corrected chi connectivity index (χ1v) is 8.10. The van der Waals surface area contributed by atoms with Gasteiger partial charge in [0.15, 0.2) is 0 Å². The zero-order valence-electron chi connectivity index (χ0n) is 14.2. The number of nitrogens with one attached hydrogen (secondary N) is 1. The number of hydrogen-bond acceptors (Lipinski definition) is 5. The van der Waals surface area contributed by atoms with Gasteiger partial charge in [-0.1, -0.05) is 17.7 Å². The molecule has 3 N–H and O–H groups in total. The standard InChI is InChI=1S/C19H18N4O3/c1-12-2-4-14(5-3-12)19-23-22-17(26-19)11-10-16(24)21-15-8-6-13(7-9-15)18(20)25/h2-9H,10-11H2,1H3,(H2,20,25)(H,21,24). The van der Waals surface area contributed by atoms with Crippen LogP contribution in [-0.4, -0.2) is 22.0 Å². The van der Waals surface area contributed by atoms with E-state index in [0.29, 0.717) is 29.5 Å². The molecule has 0 unspecified atom stereocenters. The fraction of sp³-hybridized carbons (Fsp3) is 0.158. The van der Waals surface area contributed by atoms with Crippen molar-refractivity contribution in [2.24, 2.45) is 5.73 Å². The number of carbonyl (C=O) groups excluding carboxylic acids is 2. The quantitative estimate of drug-likeness (QED) is 0.710. The SMILES string of the molecule is Cc1ccc(-c2nnc(CCC(=O)Nc3ccc(C(N)=O)cc3)o2)cc1. The molecule has 0 radical (unpaired) electrons. The monoisotopic (exact) mass is 350 g/mol. The van der Waals surface area contributed by atoms with Crippen molar-refractivity contribution in [2.45, 2.75) is 19.8 Å². The van der Waals surface area contributed by atoms with Gasteiger partial charge in [0.25, 0.3) is 0 Å². The molecule has 2 amide bonds. The number of hydrogen-bond donors (Lipinski definition) is 2. The van der Waals surface area contributed by atoms with Crippen LogP contribution in [0.1, 0.15) is 28.2 Å². The third-order valence-electron chi connectivity index (χ3n) is 3.78. The fourth-order valence-electron chi connectivity index (χ4n) is 2.33. The van der Waals surface area contributed by atoms with Crippen LogP contribution in [0.5, 0.6) is 0 Å². The molecule has 0 aliphatic carbocycles. The third kappa shape index (κ3) is 4.32. The third-order valence-corrected chi connectivity index (χ3v) is 3.78. The highest BCUT2D eigenvalue weighted by Gasteiger charge is 2.11. The summed E-state index contributed by atoms with van der Waals surface area (Å²) >= 11 is 0. The number of benzene rings is 2. The molecule has 7 heteroatoms. The number of anilines is 1. The maximum Gasteiger partial charge on any atom is 0.248 e. The summed E-state index contributed by atoms with van der Waals surface area (Å²) in [5.74, 6) is 0.137. The fourth-order valence-corrected chi connectivity index (χ4v) is 2.33. The number of aromatic nitrogens is 2. The second-order valence-electron chi connectivity index (χ2n) is 5.86. The summed E-state index contributed by atoms with van der Waals surface area (Å²) in [6.07, 6.45) is 0.539. The van der Waals surface area contributed by atoms with Crippen molar-refractivity contribution in [3.8, 4) is 11.5 Å². The molecule has 1 heterocycles. The molecule has 3 aromatic rings. The van der Waals surface area contributed by atoms with Crippen LogP contribution in [0, 0.1) is 6.92 Å². The number of primary amides is 1. The summed E-state index contributed by atoms with van der Waals surface area (Å²) < 4.78 is 5.60. The lowest BCUT2D eigenvalue weighted by molar-refractivity contribution is -0.116. The normalized spacial score (nSPS) is 10.5. The maximum atomic E-state index is 12.0. The van der Waals surface area contributed by atoms with E-state index in [1.807, 2.05) is 31.2 Å². The number of nitrogens with two attached hydrogens (primary N) is 1. The van der Waals surface area contributed by atoms with E-state index in [1.54, 1.807) is 24.3 Å². The summed E-state index contributed by atoms with van der Waals surface area (Å²) in [6, 6.07) is 14.1. The molecule has 3 rings (SSSR count). The van der Waals surface area contributed by atoms with Crippen LogP contribution >= 0.6 is 0 Å². The van der Waals surface area contributed by atoms with Gasteiger partial charge in [-0.05, 0) is 43.3 Å². The first-order valence-electron chi connectivity index (χ1n) is 8.10. The molecule has 132 valence electrons.